The number of fused-ring (bicyclic) bond motifs is 1. The van der Waals surface area contributed by atoms with Gasteiger partial charge in [-0.05, 0) is 25.1 Å². The smallest absolute Gasteiger partial charge is 0.223 e. The first kappa shape index (κ1) is 14.4. The molecule has 110 valence electrons. The molecule has 0 aliphatic rings. The number of hydrogen-bond acceptors (Lipinski definition) is 4. The summed E-state index contributed by atoms with van der Waals surface area (Å²) in [5.41, 5.74) is 1.84. The van der Waals surface area contributed by atoms with Crippen LogP contribution in [-0.2, 0) is 13.0 Å². The Hall–Kier alpha value is -1.59. The number of nitrogens with zero attached hydrogens (tertiary/aromatic N) is 4. The van der Waals surface area contributed by atoms with Gasteiger partial charge in [-0.25, -0.2) is 4.98 Å². The Morgan fingerprint density at radius 1 is 1.33 bits per heavy atom. The molecule has 3 aromatic rings. The third kappa shape index (κ3) is 2.89. The zero-order valence-electron chi connectivity index (χ0n) is 11.7. The summed E-state index contributed by atoms with van der Waals surface area (Å²) in [4.78, 5) is 8.79. The highest BCUT2D eigenvalue weighted by atomic mass is 35.5. The SMILES string of the molecule is Cc1nc(CCn2c(C(C)Cl)nc3ccc(Cl)cc32)no1. The van der Waals surface area contributed by atoms with E-state index in [1.54, 1.807) is 6.92 Å². The van der Waals surface area contributed by atoms with Gasteiger partial charge in [0.1, 0.15) is 5.82 Å². The largest absolute Gasteiger partial charge is 0.340 e. The van der Waals surface area contributed by atoms with Crippen molar-refractivity contribution in [3.8, 4) is 0 Å². The average Bonchev–Trinajstić information content (AvgIpc) is 3.00. The minimum absolute atomic E-state index is 0.192. The van der Waals surface area contributed by atoms with Crippen molar-refractivity contribution in [2.75, 3.05) is 0 Å². The number of imidazole rings is 1. The number of rotatable bonds is 4. The van der Waals surface area contributed by atoms with Crippen LogP contribution in [-0.4, -0.2) is 19.7 Å². The van der Waals surface area contributed by atoms with Crippen molar-refractivity contribution < 1.29 is 4.52 Å². The van der Waals surface area contributed by atoms with Crippen molar-refractivity contribution in [2.24, 2.45) is 0 Å². The molecule has 1 atom stereocenters. The van der Waals surface area contributed by atoms with Crippen molar-refractivity contribution >= 4 is 34.2 Å². The van der Waals surface area contributed by atoms with E-state index in [9.17, 15) is 0 Å². The molecule has 7 heteroatoms. The van der Waals surface area contributed by atoms with Crippen LogP contribution in [0.25, 0.3) is 11.0 Å². The van der Waals surface area contributed by atoms with E-state index >= 15 is 0 Å². The van der Waals surface area contributed by atoms with Crippen LogP contribution < -0.4 is 0 Å². The van der Waals surface area contributed by atoms with Crippen molar-refractivity contribution in [3.05, 3.63) is 40.8 Å². The van der Waals surface area contributed by atoms with Crippen LogP contribution in [0.5, 0.6) is 0 Å². The zero-order chi connectivity index (χ0) is 15.0. The molecule has 1 unspecified atom stereocenters. The van der Waals surface area contributed by atoms with Gasteiger partial charge >= 0.3 is 0 Å². The molecule has 0 fully saturated rings. The third-order valence-corrected chi connectivity index (χ3v) is 3.65. The van der Waals surface area contributed by atoms with Gasteiger partial charge in [0.05, 0.1) is 16.4 Å². The highest BCUT2D eigenvalue weighted by molar-refractivity contribution is 6.31. The van der Waals surface area contributed by atoms with Crippen LogP contribution >= 0.6 is 23.2 Å². The normalized spacial score (nSPS) is 13.0. The molecule has 2 aromatic heterocycles. The molecule has 0 N–H and O–H groups in total. The second-order valence-electron chi connectivity index (χ2n) is 4.85. The first-order chi connectivity index (χ1) is 10.0. The molecule has 5 nitrogen and oxygen atoms in total. The number of hydrogen-bond donors (Lipinski definition) is 0. The monoisotopic (exact) mass is 324 g/mol. The number of alkyl halides is 1. The van der Waals surface area contributed by atoms with Crippen LogP contribution in [0.2, 0.25) is 5.02 Å². The molecule has 0 spiro atoms. The van der Waals surface area contributed by atoms with E-state index in [1.807, 2.05) is 25.1 Å². The van der Waals surface area contributed by atoms with Gasteiger partial charge in [-0.15, -0.1) is 11.6 Å². The molecule has 0 aliphatic carbocycles. The van der Waals surface area contributed by atoms with E-state index in [0.29, 0.717) is 29.7 Å². The third-order valence-electron chi connectivity index (χ3n) is 3.22. The molecule has 1 aromatic carbocycles. The summed E-state index contributed by atoms with van der Waals surface area (Å²) in [5, 5.41) is 4.39. The lowest BCUT2D eigenvalue weighted by atomic mass is 10.3. The van der Waals surface area contributed by atoms with E-state index in [-0.39, 0.29) is 5.38 Å². The van der Waals surface area contributed by atoms with Crippen molar-refractivity contribution in [3.63, 3.8) is 0 Å². The molecular formula is C14H14Cl2N4O. The first-order valence-electron chi connectivity index (χ1n) is 6.63. The van der Waals surface area contributed by atoms with Gasteiger partial charge < -0.3 is 9.09 Å². The fraction of sp³-hybridized carbons (Fsp3) is 0.357. The maximum absolute atomic E-state index is 6.24. The summed E-state index contributed by atoms with van der Waals surface area (Å²) in [6.07, 6.45) is 0.645. The fourth-order valence-electron chi connectivity index (χ4n) is 2.31. The maximum atomic E-state index is 6.24. The fourth-order valence-corrected chi connectivity index (χ4v) is 2.64. The lowest BCUT2D eigenvalue weighted by Crippen LogP contribution is -2.07. The number of aryl methyl sites for hydroxylation is 3. The Labute approximate surface area is 131 Å². The van der Waals surface area contributed by atoms with E-state index in [4.69, 9.17) is 27.7 Å². The predicted octanol–water partition coefficient (Wildman–Crippen LogP) is 3.92. The van der Waals surface area contributed by atoms with Gasteiger partial charge in [0, 0.05) is 24.9 Å². The van der Waals surface area contributed by atoms with E-state index in [0.717, 1.165) is 16.9 Å². The van der Waals surface area contributed by atoms with Gasteiger partial charge in [-0.2, -0.15) is 4.98 Å². The molecule has 3 rings (SSSR count). The number of halogens is 2. The lowest BCUT2D eigenvalue weighted by Gasteiger charge is -2.09. The molecule has 0 radical (unpaired) electrons. The summed E-state index contributed by atoms with van der Waals surface area (Å²) in [5.74, 6) is 2.05. The van der Waals surface area contributed by atoms with Gasteiger partial charge in [-0.3, -0.25) is 0 Å². The molecular weight excluding hydrogens is 311 g/mol. The zero-order valence-corrected chi connectivity index (χ0v) is 13.2. The minimum Gasteiger partial charge on any atom is -0.340 e. The average molecular weight is 325 g/mol. The second kappa shape index (κ2) is 5.66. The van der Waals surface area contributed by atoms with Crippen molar-refractivity contribution in [1.82, 2.24) is 19.7 Å². The topological polar surface area (TPSA) is 56.7 Å². The summed E-state index contributed by atoms with van der Waals surface area (Å²) >= 11 is 12.3. The van der Waals surface area contributed by atoms with Crippen LogP contribution in [0.4, 0.5) is 0 Å². The van der Waals surface area contributed by atoms with Gasteiger partial charge in [-0.1, -0.05) is 16.8 Å². The quantitative estimate of drug-likeness (QED) is 0.682. The van der Waals surface area contributed by atoms with Gasteiger partial charge in [0.2, 0.25) is 5.89 Å². The highest BCUT2D eigenvalue weighted by Gasteiger charge is 2.16. The Balaban J connectivity index is 1.98. The molecule has 0 bridgehead atoms. The van der Waals surface area contributed by atoms with Crippen LogP contribution in [0.1, 0.15) is 29.8 Å². The lowest BCUT2D eigenvalue weighted by molar-refractivity contribution is 0.386. The summed E-state index contributed by atoms with van der Waals surface area (Å²) < 4.78 is 7.05. The maximum Gasteiger partial charge on any atom is 0.223 e. The van der Waals surface area contributed by atoms with E-state index in [2.05, 4.69) is 19.7 Å². The minimum atomic E-state index is -0.192. The molecule has 2 heterocycles. The molecule has 21 heavy (non-hydrogen) atoms. The van der Waals surface area contributed by atoms with Crippen LogP contribution in [0.3, 0.4) is 0 Å². The number of benzene rings is 1. The second-order valence-corrected chi connectivity index (χ2v) is 5.94. The first-order valence-corrected chi connectivity index (χ1v) is 7.45. The molecule has 0 amide bonds. The highest BCUT2D eigenvalue weighted by Crippen LogP contribution is 2.26. The Morgan fingerprint density at radius 3 is 2.81 bits per heavy atom. The molecule has 0 aliphatic heterocycles. The Kier molecular flexibility index (Phi) is 3.87. The summed E-state index contributed by atoms with van der Waals surface area (Å²) in [6.45, 7) is 4.34. The van der Waals surface area contributed by atoms with Gasteiger partial charge in [0.25, 0.3) is 0 Å². The summed E-state index contributed by atoms with van der Waals surface area (Å²) in [7, 11) is 0. The van der Waals surface area contributed by atoms with E-state index < -0.39 is 0 Å². The summed E-state index contributed by atoms with van der Waals surface area (Å²) in [6, 6.07) is 5.62. The molecule has 0 saturated heterocycles. The molecule has 0 saturated carbocycles. The van der Waals surface area contributed by atoms with E-state index in [1.165, 1.54) is 0 Å². The standard InChI is InChI=1S/C14H14Cl2N4O/c1-8(15)14-18-11-4-3-10(16)7-12(11)20(14)6-5-13-17-9(2)21-19-13/h3-4,7-8H,5-6H2,1-2H3. The predicted molar refractivity (Wildman–Crippen MR) is 81.8 cm³/mol. The Bertz CT molecular complexity index is 778. The van der Waals surface area contributed by atoms with Crippen LogP contribution in [0.15, 0.2) is 22.7 Å². The van der Waals surface area contributed by atoms with Gasteiger partial charge in [0.15, 0.2) is 5.82 Å². The van der Waals surface area contributed by atoms with Crippen molar-refractivity contribution in [2.45, 2.75) is 32.2 Å². The van der Waals surface area contributed by atoms with Crippen LogP contribution in [0, 0.1) is 6.92 Å². The number of aromatic nitrogens is 4. The Morgan fingerprint density at radius 2 is 2.14 bits per heavy atom. The van der Waals surface area contributed by atoms with Crippen molar-refractivity contribution in [1.29, 1.82) is 0 Å².